The molecule has 2 nitrogen and oxygen atoms in total. The smallest absolute Gasteiger partial charge is 0.311 e. The van der Waals surface area contributed by atoms with E-state index < -0.39 is 0 Å². The van der Waals surface area contributed by atoms with Gasteiger partial charge < -0.3 is 4.74 Å². The Balaban J connectivity index is 1.79. The van der Waals surface area contributed by atoms with E-state index in [2.05, 4.69) is 19.1 Å². The van der Waals surface area contributed by atoms with Crippen LogP contribution >= 0.6 is 0 Å². The average molecular weight is 401 g/mol. The number of benzene rings is 1. The minimum atomic E-state index is -0.155. The lowest BCUT2D eigenvalue weighted by molar-refractivity contribution is -0.134. The number of hydrogen-bond donors (Lipinski definition) is 0. The van der Waals surface area contributed by atoms with Crippen LogP contribution in [0, 0.1) is 0 Å². The molecule has 0 radical (unpaired) electrons. The lowest BCUT2D eigenvalue weighted by atomic mass is 10.0. The van der Waals surface area contributed by atoms with Gasteiger partial charge in [-0.2, -0.15) is 0 Å². The lowest BCUT2D eigenvalue weighted by Gasteiger charge is -2.03. The van der Waals surface area contributed by atoms with Gasteiger partial charge in [0, 0.05) is 6.42 Å². The third-order valence-corrected chi connectivity index (χ3v) is 5.38. The van der Waals surface area contributed by atoms with Crippen LogP contribution in [-0.4, -0.2) is 5.97 Å². The SMILES string of the molecule is CCCCCCCCCCCCCCCC/C=C/CCC(=O)Oc1ccccc1. The summed E-state index contributed by atoms with van der Waals surface area (Å²) in [5.74, 6) is 0.473. The minimum Gasteiger partial charge on any atom is -0.427 e. The quantitative estimate of drug-likeness (QED) is 0.100. The number of para-hydroxylation sites is 1. The van der Waals surface area contributed by atoms with Crippen LogP contribution in [-0.2, 0) is 4.79 Å². The third-order valence-electron chi connectivity index (χ3n) is 5.38. The van der Waals surface area contributed by atoms with Crippen molar-refractivity contribution in [1.29, 1.82) is 0 Å². The summed E-state index contributed by atoms with van der Waals surface area (Å²) in [5, 5.41) is 0. The molecule has 1 rings (SSSR count). The molecule has 0 aliphatic rings. The number of carbonyl (C=O) groups excluding carboxylic acids is 1. The summed E-state index contributed by atoms with van der Waals surface area (Å²) in [5.41, 5.74) is 0. The van der Waals surface area contributed by atoms with E-state index >= 15 is 0 Å². The Hall–Kier alpha value is -1.57. The van der Waals surface area contributed by atoms with E-state index in [1.807, 2.05) is 30.3 Å². The summed E-state index contributed by atoms with van der Waals surface area (Å²) in [6, 6.07) is 9.28. The average Bonchev–Trinajstić information content (AvgIpc) is 2.73. The van der Waals surface area contributed by atoms with Gasteiger partial charge in [-0.15, -0.1) is 0 Å². The molecule has 0 bridgehead atoms. The van der Waals surface area contributed by atoms with Gasteiger partial charge in [-0.05, 0) is 31.4 Å². The fourth-order valence-corrected chi connectivity index (χ4v) is 3.56. The maximum atomic E-state index is 11.7. The highest BCUT2D eigenvalue weighted by Gasteiger charge is 2.02. The van der Waals surface area contributed by atoms with Crippen molar-refractivity contribution in [3.05, 3.63) is 42.5 Å². The number of hydrogen-bond acceptors (Lipinski definition) is 2. The predicted molar refractivity (Wildman–Crippen MR) is 125 cm³/mol. The zero-order valence-electron chi connectivity index (χ0n) is 18.9. The molecule has 0 aliphatic heterocycles. The van der Waals surface area contributed by atoms with Crippen molar-refractivity contribution >= 4 is 5.97 Å². The Morgan fingerprint density at radius 3 is 1.72 bits per heavy atom. The number of allylic oxidation sites excluding steroid dienone is 2. The third kappa shape index (κ3) is 17.0. The van der Waals surface area contributed by atoms with Crippen LogP contribution in [0.25, 0.3) is 0 Å². The largest absolute Gasteiger partial charge is 0.427 e. The zero-order valence-corrected chi connectivity index (χ0v) is 18.9. The minimum absolute atomic E-state index is 0.155. The second kappa shape index (κ2) is 19.7. The highest BCUT2D eigenvalue weighted by atomic mass is 16.5. The van der Waals surface area contributed by atoms with Gasteiger partial charge in [-0.1, -0.05) is 121 Å². The van der Waals surface area contributed by atoms with E-state index in [1.165, 1.54) is 89.9 Å². The van der Waals surface area contributed by atoms with Crippen LogP contribution in [0.15, 0.2) is 42.5 Å². The Kier molecular flexibility index (Phi) is 17.3. The molecule has 0 fully saturated rings. The molecule has 0 saturated heterocycles. The molecule has 0 aromatic heterocycles. The Morgan fingerprint density at radius 2 is 1.17 bits per heavy atom. The fraction of sp³-hybridized carbons (Fsp3) is 0.667. The van der Waals surface area contributed by atoms with E-state index in [0.717, 1.165) is 12.8 Å². The highest BCUT2D eigenvalue weighted by Crippen LogP contribution is 2.14. The summed E-state index contributed by atoms with van der Waals surface area (Å²) in [6.45, 7) is 2.28. The van der Waals surface area contributed by atoms with Gasteiger partial charge in [0.25, 0.3) is 0 Å². The van der Waals surface area contributed by atoms with Crippen LogP contribution in [0.1, 0.15) is 116 Å². The van der Waals surface area contributed by atoms with Gasteiger partial charge in [0.2, 0.25) is 0 Å². The summed E-state index contributed by atoms with van der Waals surface area (Å²) >= 11 is 0. The van der Waals surface area contributed by atoms with Gasteiger partial charge in [-0.3, -0.25) is 4.79 Å². The maximum absolute atomic E-state index is 11.7. The van der Waals surface area contributed by atoms with Gasteiger partial charge in [0.15, 0.2) is 0 Å². The monoisotopic (exact) mass is 400 g/mol. The van der Waals surface area contributed by atoms with Crippen LogP contribution in [0.3, 0.4) is 0 Å². The Morgan fingerprint density at radius 1 is 0.690 bits per heavy atom. The first kappa shape index (κ1) is 25.5. The first-order chi connectivity index (χ1) is 14.3. The first-order valence-corrected chi connectivity index (χ1v) is 12.2. The van der Waals surface area contributed by atoms with E-state index in [9.17, 15) is 4.79 Å². The highest BCUT2D eigenvalue weighted by molar-refractivity contribution is 5.72. The number of esters is 1. The van der Waals surface area contributed by atoms with Crippen LogP contribution < -0.4 is 4.74 Å². The van der Waals surface area contributed by atoms with Crippen LogP contribution in [0.2, 0.25) is 0 Å². The number of unbranched alkanes of at least 4 members (excludes halogenated alkanes) is 14. The molecular formula is C27H44O2. The van der Waals surface area contributed by atoms with Gasteiger partial charge in [-0.25, -0.2) is 0 Å². The molecule has 29 heavy (non-hydrogen) atoms. The summed E-state index contributed by atoms with van der Waals surface area (Å²) in [4.78, 5) is 11.7. The molecule has 0 heterocycles. The fourth-order valence-electron chi connectivity index (χ4n) is 3.56. The van der Waals surface area contributed by atoms with Crippen LogP contribution in [0.5, 0.6) is 5.75 Å². The standard InChI is InChI=1S/C27H44O2/c1-2-3-4-5-6-7-8-9-10-11-12-13-14-15-16-17-18-22-25-27(28)29-26-23-20-19-21-24-26/h17-21,23-24H,2-16,22,25H2,1H3/b18-17+. The second-order valence-corrected chi connectivity index (χ2v) is 8.18. The Bertz CT molecular complexity index is 507. The predicted octanol–water partition coefficient (Wildman–Crippen LogP) is 8.80. The molecule has 164 valence electrons. The van der Waals surface area contributed by atoms with Crippen molar-refractivity contribution < 1.29 is 9.53 Å². The molecule has 0 saturated carbocycles. The van der Waals surface area contributed by atoms with Crippen LogP contribution in [0.4, 0.5) is 0 Å². The van der Waals surface area contributed by atoms with Gasteiger partial charge in [0.1, 0.15) is 5.75 Å². The molecule has 0 N–H and O–H groups in total. The molecule has 1 aromatic rings. The summed E-state index contributed by atoms with van der Waals surface area (Å²) in [6.07, 6.45) is 26.3. The molecule has 0 amide bonds. The molecule has 0 atom stereocenters. The van der Waals surface area contributed by atoms with Gasteiger partial charge in [0.05, 0.1) is 0 Å². The van der Waals surface area contributed by atoms with E-state index in [0.29, 0.717) is 12.2 Å². The van der Waals surface area contributed by atoms with Crippen molar-refractivity contribution in [2.75, 3.05) is 0 Å². The summed E-state index contributed by atoms with van der Waals surface area (Å²) in [7, 11) is 0. The number of carbonyl (C=O) groups is 1. The van der Waals surface area contributed by atoms with Gasteiger partial charge >= 0.3 is 5.97 Å². The normalized spacial score (nSPS) is 11.2. The van der Waals surface area contributed by atoms with Crippen molar-refractivity contribution in [1.82, 2.24) is 0 Å². The molecule has 0 unspecified atom stereocenters. The molecule has 0 aliphatic carbocycles. The van der Waals surface area contributed by atoms with Crippen molar-refractivity contribution in [3.63, 3.8) is 0 Å². The topological polar surface area (TPSA) is 26.3 Å². The van der Waals surface area contributed by atoms with E-state index in [1.54, 1.807) is 0 Å². The van der Waals surface area contributed by atoms with Crippen molar-refractivity contribution in [2.24, 2.45) is 0 Å². The van der Waals surface area contributed by atoms with E-state index in [-0.39, 0.29) is 5.97 Å². The Labute approximate surface area is 180 Å². The van der Waals surface area contributed by atoms with E-state index in [4.69, 9.17) is 4.74 Å². The summed E-state index contributed by atoms with van der Waals surface area (Å²) < 4.78 is 5.27. The molecular weight excluding hydrogens is 356 g/mol. The molecule has 0 spiro atoms. The number of rotatable bonds is 19. The molecule has 1 aromatic carbocycles. The maximum Gasteiger partial charge on any atom is 0.311 e. The zero-order chi connectivity index (χ0) is 20.8. The lowest BCUT2D eigenvalue weighted by Crippen LogP contribution is -2.06. The first-order valence-electron chi connectivity index (χ1n) is 12.2. The number of ether oxygens (including phenoxy) is 1. The van der Waals surface area contributed by atoms with Crippen molar-refractivity contribution in [2.45, 2.75) is 116 Å². The second-order valence-electron chi connectivity index (χ2n) is 8.18. The molecule has 2 heteroatoms. The van der Waals surface area contributed by atoms with Crippen molar-refractivity contribution in [3.8, 4) is 5.75 Å².